The Balaban J connectivity index is 2.07. The lowest BCUT2D eigenvalue weighted by Crippen LogP contribution is -2.30. The predicted octanol–water partition coefficient (Wildman–Crippen LogP) is 3.10. The van der Waals surface area contributed by atoms with Crippen molar-refractivity contribution in [3.05, 3.63) is 58.6 Å². The highest BCUT2D eigenvalue weighted by molar-refractivity contribution is 6.31. The second kappa shape index (κ2) is 7.49. The molecule has 0 saturated heterocycles. The van der Waals surface area contributed by atoms with Crippen LogP contribution in [0.25, 0.3) is 0 Å². The van der Waals surface area contributed by atoms with Crippen LogP contribution in [0.1, 0.15) is 22.8 Å². The molecule has 0 radical (unpaired) electrons. The Kier molecular flexibility index (Phi) is 5.40. The number of phenols is 1. The number of aromatic hydroxyl groups is 1. The molecule has 0 fully saturated rings. The molecule has 1 atom stereocenters. The van der Waals surface area contributed by atoms with Gasteiger partial charge in [0.15, 0.2) is 6.10 Å². The van der Waals surface area contributed by atoms with E-state index in [9.17, 15) is 14.7 Å². The van der Waals surface area contributed by atoms with Gasteiger partial charge in [-0.05, 0) is 37.3 Å². The molecule has 0 aliphatic rings. The summed E-state index contributed by atoms with van der Waals surface area (Å²) in [7, 11) is 0. The van der Waals surface area contributed by atoms with Gasteiger partial charge in [-0.3, -0.25) is 4.79 Å². The molecule has 0 heterocycles. The van der Waals surface area contributed by atoms with E-state index in [-0.39, 0.29) is 21.9 Å². The molecule has 0 bridgehead atoms. The maximum Gasteiger partial charge on any atom is 0.342 e. The number of para-hydroxylation sites is 1. The number of phenolic OH excluding ortho intramolecular Hbond substituents is 1. The van der Waals surface area contributed by atoms with E-state index in [2.05, 4.69) is 5.32 Å². The lowest BCUT2D eigenvalue weighted by atomic mass is 10.2. The number of ether oxygens (including phenoxy) is 1. The van der Waals surface area contributed by atoms with Crippen molar-refractivity contribution in [2.75, 3.05) is 5.32 Å². The van der Waals surface area contributed by atoms with Crippen molar-refractivity contribution in [2.24, 2.45) is 0 Å². The number of nitrogens with zero attached hydrogens (tertiary/aromatic N) is 1. The predicted molar refractivity (Wildman–Crippen MR) is 87.8 cm³/mol. The zero-order valence-corrected chi connectivity index (χ0v) is 13.4. The van der Waals surface area contributed by atoms with E-state index in [0.29, 0.717) is 5.69 Å². The standard InChI is InChI=1S/C17H13ClN2O4/c1-10(16(22)20-14-5-3-2-4-11(14)9-19)24-17(23)13-8-12(18)6-7-15(13)21/h2-8,10,21H,1H3,(H,20,22)/t10-/m0/s1. The van der Waals surface area contributed by atoms with Gasteiger partial charge < -0.3 is 15.2 Å². The molecule has 0 aliphatic carbocycles. The van der Waals surface area contributed by atoms with Gasteiger partial charge in [-0.1, -0.05) is 23.7 Å². The van der Waals surface area contributed by atoms with Crippen molar-refractivity contribution in [1.29, 1.82) is 5.26 Å². The van der Waals surface area contributed by atoms with Crippen LogP contribution in [0.5, 0.6) is 5.75 Å². The quantitative estimate of drug-likeness (QED) is 0.830. The minimum Gasteiger partial charge on any atom is -0.507 e. The number of rotatable bonds is 4. The fraction of sp³-hybridized carbons (Fsp3) is 0.118. The van der Waals surface area contributed by atoms with E-state index in [1.54, 1.807) is 24.3 Å². The molecule has 0 unspecified atom stereocenters. The van der Waals surface area contributed by atoms with Crippen molar-refractivity contribution < 1.29 is 19.4 Å². The zero-order chi connectivity index (χ0) is 17.7. The number of esters is 1. The maximum atomic E-state index is 12.1. The summed E-state index contributed by atoms with van der Waals surface area (Å²) in [4.78, 5) is 24.1. The number of carbonyl (C=O) groups excluding carboxylic acids is 2. The largest absolute Gasteiger partial charge is 0.507 e. The number of nitriles is 1. The van der Waals surface area contributed by atoms with Gasteiger partial charge in [-0.15, -0.1) is 0 Å². The van der Waals surface area contributed by atoms with E-state index in [1.807, 2.05) is 6.07 Å². The molecule has 2 aromatic carbocycles. The van der Waals surface area contributed by atoms with E-state index in [1.165, 1.54) is 25.1 Å². The molecule has 2 rings (SSSR count). The van der Waals surface area contributed by atoms with Crippen molar-refractivity contribution in [3.8, 4) is 11.8 Å². The van der Waals surface area contributed by atoms with Crippen LogP contribution < -0.4 is 5.32 Å². The van der Waals surface area contributed by atoms with Crippen molar-refractivity contribution >= 4 is 29.2 Å². The summed E-state index contributed by atoms with van der Waals surface area (Å²) in [5.41, 5.74) is 0.468. The van der Waals surface area contributed by atoms with Gasteiger partial charge in [-0.25, -0.2) is 4.79 Å². The first-order valence-electron chi connectivity index (χ1n) is 6.92. The third-order valence-corrected chi connectivity index (χ3v) is 3.37. The highest BCUT2D eigenvalue weighted by Gasteiger charge is 2.22. The second-order valence-corrected chi connectivity index (χ2v) is 5.29. The van der Waals surface area contributed by atoms with E-state index in [0.717, 1.165) is 0 Å². The molecular weight excluding hydrogens is 332 g/mol. The molecule has 0 aromatic heterocycles. The van der Waals surface area contributed by atoms with Gasteiger partial charge in [0.1, 0.15) is 17.4 Å². The van der Waals surface area contributed by atoms with Crippen LogP contribution >= 0.6 is 11.6 Å². The van der Waals surface area contributed by atoms with Gasteiger partial charge in [0.05, 0.1) is 11.3 Å². The van der Waals surface area contributed by atoms with Gasteiger partial charge in [-0.2, -0.15) is 5.26 Å². The van der Waals surface area contributed by atoms with E-state index >= 15 is 0 Å². The number of anilines is 1. The first kappa shape index (κ1) is 17.3. The SMILES string of the molecule is C[C@H](OC(=O)c1cc(Cl)ccc1O)C(=O)Nc1ccccc1C#N. The third-order valence-electron chi connectivity index (χ3n) is 3.14. The topological polar surface area (TPSA) is 99.4 Å². The van der Waals surface area contributed by atoms with Crippen LogP contribution in [0.15, 0.2) is 42.5 Å². The lowest BCUT2D eigenvalue weighted by Gasteiger charge is -2.14. The Morgan fingerprint density at radius 3 is 2.71 bits per heavy atom. The Hall–Kier alpha value is -3.04. The monoisotopic (exact) mass is 344 g/mol. The summed E-state index contributed by atoms with van der Waals surface area (Å²) in [5, 5.41) is 21.4. The van der Waals surface area contributed by atoms with Crippen LogP contribution in [0.3, 0.4) is 0 Å². The fourth-order valence-corrected chi connectivity index (χ4v) is 2.05. The van der Waals surface area contributed by atoms with Gasteiger partial charge >= 0.3 is 5.97 Å². The van der Waals surface area contributed by atoms with Crippen LogP contribution in [-0.4, -0.2) is 23.1 Å². The summed E-state index contributed by atoms with van der Waals surface area (Å²) in [6.45, 7) is 1.38. The molecular formula is C17H13ClN2O4. The number of benzene rings is 2. The van der Waals surface area contributed by atoms with Crippen LogP contribution in [-0.2, 0) is 9.53 Å². The summed E-state index contributed by atoms with van der Waals surface area (Å²) >= 11 is 5.77. The molecule has 0 aliphatic heterocycles. The first-order chi connectivity index (χ1) is 11.4. The molecule has 7 heteroatoms. The first-order valence-corrected chi connectivity index (χ1v) is 7.29. The summed E-state index contributed by atoms with van der Waals surface area (Å²) < 4.78 is 5.03. The highest BCUT2D eigenvalue weighted by Crippen LogP contribution is 2.23. The third kappa shape index (κ3) is 4.03. The minimum absolute atomic E-state index is 0.139. The second-order valence-electron chi connectivity index (χ2n) is 4.86. The summed E-state index contributed by atoms with van der Waals surface area (Å²) in [5.74, 6) is -1.79. The average Bonchev–Trinajstić information content (AvgIpc) is 2.57. The Morgan fingerprint density at radius 2 is 2.00 bits per heavy atom. The zero-order valence-electron chi connectivity index (χ0n) is 12.6. The van der Waals surface area contributed by atoms with Gasteiger partial charge in [0, 0.05) is 5.02 Å². The van der Waals surface area contributed by atoms with E-state index < -0.39 is 18.0 Å². The molecule has 6 nitrogen and oxygen atoms in total. The summed E-state index contributed by atoms with van der Waals surface area (Å²) in [6, 6.07) is 12.3. The smallest absolute Gasteiger partial charge is 0.342 e. The van der Waals surface area contributed by atoms with E-state index in [4.69, 9.17) is 21.6 Å². The number of carbonyl (C=O) groups is 2. The molecule has 0 spiro atoms. The summed E-state index contributed by atoms with van der Waals surface area (Å²) in [6.07, 6.45) is -1.14. The molecule has 0 saturated carbocycles. The van der Waals surface area contributed by atoms with Gasteiger partial charge in [0.2, 0.25) is 0 Å². The van der Waals surface area contributed by atoms with Crippen molar-refractivity contribution in [3.63, 3.8) is 0 Å². The Labute approximate surface area is 143 Å². The number of hydrogen-bond acceptors (Lipinski definition) is 5. The maximum absolute atomic E-state index is 12.1. The fourth-order valence-electron chi connectivity index (χ4n) is 1.87. The Morgan fingerprint density at radius 1 is 1.29 bits per heavy atom. The average molecular weight is 345 g/mol. The van der Waals surface area contributed by atoms with Gasteiger partial charge in [0.25, 0.3) is 5.91 Å². The van der Waals surface area contributed by atoms with Crippen LogP contribution in [0.4, 0.5) is 5.69 Å². The molecule has 2 aromatic rings. The van der Waals surface area contributed by atoms with Crippen LogP contribution in [0.2, 0.25) is 5.02 Å². The van der Waals surface area contributed by atoms with Crippen molar-refractivity contribution in [1.82, 2.24) is 0 Å². The van der Waals surface area contributed by atoms with Crippen LogP contribution in [0, 0.1) is 11.3 Å². The lowest BCUT2D eigenvalue weighted by molar-refractivity contribution is -0.123. The minimum atomic E-state index is -1.14. The normalized spacial score (nSPS) is 11.2. The molecule has 122 valence electrons. The number of nitrogens with one attached hydrogen (secondary N) is 1. The number of amides is 1. The Bertz CT molecular complexity index is 830. The van der Waals surface area contributed by atoms with Crippen molar-refractivity contribution in [2.45, 2.75) is 13.0 Å². The molecule has 1 amide bonds. The molecule has 24 heavy (non-hydrogen) atoms. The highest BCUT2D eigenvalue weighted by atomic mass is 35.5. The number of halogens is 1. The number of hydrogen-bond donors (Lipinski definition) is 2. The molecule has 2 N–H and O–H groups in total.